The van der Waals surface area contributed by atoms with Crippen LogP contribution in [-0.4, -0.2) is 34.3 Å². The number of esters is 1. The Morgan fingerprint density at radius 2 is 1.97 bits per heavy atom. The van der Waals surface area contributed by atoms with E-state index in [2.05, 4.69) is 18.9 Å². The molecule has 1 aromatic heterocycles. The second kappa shape index (κ2) is 11.2. The lowest BCUT2D eigenvalue weighted by Gasteiger charge is -2.32. The Morgan fingerprint density at radius 1 is 1.28 bits per heavy atom. The molecule has 6 heteroatoms. The fraction of sp³-hybridized carbons (Fsp3) is 0.696. The van der Waals surface area contributed by atoms with Crippen molar-refractivity contribution in [3.8, 4) is 0 Å². The molecule has 162 valence electrons. The first-order valence-electron chi connectivity index (χ1n) is 11.1. The Hall–Kier alpha value is -2.11. The van der Waals surface area contributed by atoms with E-state index in [4.69, 9.17) is 4.74 Å². The van der Waals surface area contributed by atoms with Gasteiger partial charge in [0.15, 0.2) is 5.82 Å². The van der Waals surface area contributed by atoms with Crippen molar-refractivity contribution in [1.29, 1.82) is 0 Å². The van der Waals surface area contributed by atoms with Crippen molar-refractivity contribution in [1.82, 2.24) is 9.78 Å². The van der Waals surface area contributed by atoms with Gasteiger partial charge >= 0.3 is 5.97 Å². The average molecular weight is 404 g/mol. The summed E-state index contributed by atoms with van der Waals surface area (Å²) in [5.41, 5.74) is 0.346. The molecule has 0 aromatic carbocycles. The Morgan fingerprint density at radius 3 is 2.55 bits per heavy atom. The van der Waals surface area contributed by atoms with Crippen LogP contribution in [0.3, 0.4) is 0 Å². The van der Waals surface area contributed by atoms with Crippen molar-refractivity contribution in [3.63, 3.8) is 0 Å². The number of nitrogens with zero attached hydrogens (tertiary/aromatic N) is 3. The van der Waals surface area contributed by atoms with Crippen LogP contribution in [0.25, 0.3) is 6.20 Å². The lowest BCUT2D eigenvalue weighted by Crippen LogP contribution is -2.43. The van der Waals surface area contributed by atoms with Gasteiger partial charge in [-0.15, -0.1) is 5.10 Å². The minimum atomic E-state index is -0.438. The number of ether oxygens (including phenoxy) is 1. The van der Waals surface area contributed by atoms with Crippen LogP contribution >= 0.6 is 0 Å². The predicted molar refractivity (Wildman–Crippen MR) is 117 cm³/mol. The molecule has 1 aromatic rings. The number of carbonyl (C=O) groups is 2. The van der Waals surface area contributed by atoms with E-state index >= 15 is 0 Å². The first kappa shape index (κ1) is 23.2. The van der Waals surface area contributed by atoms with E-state index in [1.165, 1.54) is 0 Å². The summed E-state index contributed by atoms with van der Waals surface area (Å²) in [6, 6.07) is -0.0950. The SMILES string of the molecule is CCCCC=Cn1cc(C(=O)OCC)c(N(C(=O)[C@H]2CC[C@H](C)CC2)C(C)C)n1. The monoisotopic (exact) mass is 403 g/mol. The fourth-order valence-electron chi connectivity index (χ4n) is 3.80. The Labute approximate surface area is 175 Å². The van der Waals surface area contributed by atoms with Gasteiger partial charge in [0.1, 0.15) is 5.56 Å². The molecular formula is C23H37N3O3. The van der Waals surface area contributed by atoms with Crippen LogP contribution in [-0.2, 0) is 9.53 Å². The zero-order chi connectivity index (χ0) is 21.4. The number of rotatable bonds is 9. The molecule has 1 aliphatic carbocycles. The van der Waals surface area contributed by atoms with Crippen molar-refractivity contribution in [2.24, 2.45) is 11.8 Å². The summed E-state index contributed by atoms with van der Waals surface area (Å²) < 4.78 is 6.87. The molecule has 29 heavy (non-hydrogen) atoms. The third kappa shape index (κ3) is 6.18. The molecule has 0 atom stereocenters. The van der Waals surface area contributed by atoms with E-state index in [1.807, 2.05) is 26.1 Å². The van der Waals surface area contributed by atoms with Gasteiger partial charge in [-0.3, -0.25) is 9.69 Å². The maximum Gasteiger partial charge on any atom is 0.343 e. The molecule has 1 amide bonds. The Balaban J connectivity index is 2.34. The summed E-state index contributed by atoms with van der Waals surface area (Å²) in [6.07, 6.45) is 12.7. The van der Waals surface area contributed by atoms with E-state index in [0.29, 0.717) is 17.3 Å². The smallest absolute Gasteiger partial charge is 0.343 e. The summed E-state index contributed by atoms with van der Waals surface area (Å²) in [4.78, 5) is 27.7. The van der Waals surface area contributed by atoms with Crippen LogP contribution in [0.4, 0.5) is 5.82 Å². The zero-order valence-electron chi connectivity index (χ0n) is 18.7. The summed E-state index contributed by atoms with van der Waals surface area (Å²) in [5, 5.41) is 4.60. The normalized spacial score (nSPS) is 19.7. The van der Waals surface area contributed by atoms with Gasteiger partial charge in [-0.25, -0.2) is 9.48 Å². The minimum absolute atomic E-state index is 0.00566. The standard InChI is InChI=1S/C23H37N3O3/c1-6-8-9-10-15-25-16-20(23(28)29-7-2)21(24-25)26(17(3)4)22(27)19-13-11-18(5)12-14-19/h10,15-19H,6-9,11-14H2,1-5H3/t18-,19-. The number of allylic oxidation sites excluding steroid dienone is 1. The highest BCUT2D eigenvalue weighted by Crippen LogP contribution is 2.32. The second-order valence-corrected chi connectivity index (χ2v) is 8.35. The molecule has 0 spiro atoms. The van der Waals surface area contributed by atoms with Crippen molar-refractivity contribution in [3.05, 3.63) is 17.8 Å². The summed E-state index contributed by atoms with van der Waals surface area (Å²) in [7, 11) is 0. The second-order valence-electron chi connectivity index (χ2n) is 8.35. The molecular weight excluding hydrogens is 366 g/mol. The molecule has 0 aliphatic heterocycles. The van der Waals surface area contributed by atoms with Gasteiger partial charge in [0.2, 0.25) is 5.91 Å². The highest BCUT2D eigenvalue weighted by atomic mass is 16.5. The van der Waals surface area contributed by atoms with E-state index in [-0.39, 0.29) is 24.5 Å². The quantitative estimate of drug-likeness (QED) is 0.415. The van der Waals surface area contributed by atoms with E-state index in [1.54, 1.807) is 22.7 Å². The van der Waals surface area contributed by atoms with Gasteiger partial charge in [0, 0.05) is 24.4 Å². The Bertz CT molecular complexity index is 700. The molecule has 1 fully saturated rings. The van der Waals surface area contributed by atoms with E-state index in [9.17, 15) is 9.59 Å². The zero-order valence-corrected chi connectivity index (χ0v) is 18.7. The van der Waals surface area contributed by atoms with Crippen molar-refractivity contribution >= 4 is 23.9 Å². The summed E-state index contributed by atoms with van der Waals surface area (Å²) in [5.74, 6) is 0.703. The summed E-state index contributed by atoms with van der Waals surface area (Å²) >= 11 is 0. The van der Waals surface area contributed by atoms with E-state index < -0.39 is 5.97 Å². The van der Waals surface area contributed by atoms with E-state index in [0.717, 1.165) is 44.9 Å². The lowest BCUT2D eigenvalue weighted by atomic mass is 9.82. The van der Waals surface area contributed by atoms with Crippen molar-refractivity contribution in [2.45, 2.75) is 85.6 Å². The number of anilines is 1. The minimum Gasteiger partial charge on any atom is -0.462 e. The van der Waals surface area contributed by atoms with Gasteiger partial charge in [-0.2, -0.15) is 0 Å². The van der Waals surface area contributed by atoms with Crippen LogP contribution in [0.2, 0.25) is 0 Å². The number of hydrogen-bond donors (Lipinski definition) is 0. The first-order chi connectivity index (χ1) is 13.9. The van der Waals surface area contributed by atoms with Gasteiger partial charge < -0.3 is 4.74 Å². The van der Waals surface area contributed by atoms with Crippen LogP contribution in [0.5, 0.6) is 0 Å². The summed E-state index contributed by atoms with van der Waals surface area (Å²) in [6.45, 7) is 10.4. The fourth-order valence-corrected chi connectivity index (χ4v) is 3.80. The third-order valence-electron chi connectivity index (χ3n) is 5.54. The molecule has 0 N–H and O–H groups in total. The Kier molecular flexibility index (Phi) is 8.93. The van der Waals surface area contributed by atoms with Gasteiger partial charge in [0.25, 0.3) is 0 Å². The largest absolute Gasteiger partial charge is 0.462 e. The molecule has 2 rings (SSSR count). The highest BCUT2D eigenvalue weighted by molar-refractivity contribution is 6.02. The van der Waals surface area contributed by atoms with Crippen molar-refractivity contribution < 1.29 is 14.3 Å². The number of amides is 1. The highest BCUT2D eigenvalue weighted by Gasteiger charge is 2.34. The lowest BCUT2D eigenvalue weighted by molar-refractivity contribution is -0.123. The number of carbonyl (C=O) groups excluding carboxylic acids is 2. The maximum absolute atomic E-state index is 13.4. The van der Waals surface area contributed by atoms with Gasteiger partial charge in [-0.1, -0.05) is 32.8 Å². The van der Waals surface area contributed by atoms with Crippen molar-refractivity contribution in [2.75, 3.05) is 11.5 Å². The predicted octanol–water partition coefficient (Wildman–Crippen LogP) is 5.29. The molecule has 6 nitrogen and oxygen atoms in total. The molecule has 0 radical (unpaired) electrons. The third-order valence-corrected chi connectivity index (χ3v) is 5.54. The molecule has 1 aliphatic rings. The van der Waals surface area contributed by atoms with Gasteiger partial charge in [-0.05, 0) is 58.8 Å². The average Bonchev–Trinajstić information content (AvgIpc) is 3.09. The van der Waals surface area contributed by atoms with Crippen LogP contribution < -0.4 is 4.90 Å². The van der Waals surface area contributed by atoms with Crippen LogP contribution in [0.15, 0.2) is 12.3 Å². The van der Waals surface area contributed by atoms with Crippen LogP contribution in [0.1, 0.15) is 89.9 Å². The maximum atomic E-state index is 13.4. The first-order valence-corrected chi connectivity index (χ1v) is 11.1. The molecule has 0 unspecified atom stereocenters. The molecule has 1 heterocycles. The number of aromatic nitrogens is 2. The van der Waals surface area contributed by atoms with Gasteiger partial charge in [0.05, 0.1) is 6.61 Å². The molecule has 1 saturated carbocycles. The molecule has 0 saturated heterocycles. The number of unbranched alkanes of at least 4 members (excludes halogenated alkanes) is 2. The number of hydrogen-bond acceptors (Lipinski definition) is 4. The topological polar surface area (TPSA) is 64.4 Å². The molecule has 0 bridgehead atoms. The van der Waals surface area contributed by atoms with Crippen LogP contribution in [0, 0.1) is 11.8 Å².